The number of hydrogen-bond acceptors (Lipinski definition) is 3. The second-order valence-electron chi connectivity index (χ2n) is 3.49. The van der Waals surface area contributed by atoms with Crippen LogP contribution in [0.4, 0.5) is 0 Å². The number of carbonyl (C=O) groups is 2. The molecule has 1 heterocycles. The number of primary amides is 1. The average Bonchev–Trinajstić information content (AvgIpc) is 2.19. The Hall–Kier alpha value is -1.10. The van der Waals surface area contributed by atoms with Crippen molar-refractivity contribution >= 4 is 11.8 Å². The molecule has 2 atom stereocenters. The van der Waals surface area contributed by atoms with Gasteiger partial charge in [-0.2, -0.15) is 0 Å². The van der Waals surface area contributed by atoms with Gasteiger partial charge < -0.3 is 15.8 Å². The van der Waals surface area contributed by atoms with Gasteiger partial charge in [-0.15, -0.1) is 0 Å². The molecule has 0 bridgehead atoms. The number of carbonyl (C=O) groups excluding carboxylic acids is 2. The van der Waals surface area contributed by atoms with Crippen LogP contribution in [-0.2, 0) is 14.3 Å². The maximum absolute atomic E-state index is 11.5. The maximum Gasteiger partial charge on any atom is 0.249 e. The smallest absolute Gasteiger partial charge is 0.249 e. The number of ether oxygens (including phenoxy) is 1. The van der Waals surface area contributed by atoms with E-state index in [1.54, 1.807) is 6.92 Å². The van der Waals surface area contributed by atoms with E-state index in [-0.39, 0.29) is 5.91 Å². The van der Waals surface area contributed by atoms with Gasteiger partial charge in [0.05, 0.1) is 0 Å². The van der Waals surface area contributed by atoms with Crippen LogP contribution in [0.3, 0.4) is 0 Å². The van der Waals surface area contributed by atoms with Gasteiger partial charge >= 0.3 is 0 Å². The first-order valence-corrected chi connectivity index (χ1v) is 4.82. The lowest BCUT2D eigenvalue weighted by molar-refractivity contribution is -0.138. The summed E-state index contributed by atoms with van der Waals surface area (Å²) in [5, 5.41) is 2.51. The molecule has 1 saturated heterocycles. The van der Waals surface area contributed by atoms with Crippen LogP contribution in [0.1, 0.15) is 26.2 Å². The van der Waals surface area contributed by atoms with Crippen molar-refractivity contribution in [2.24, 2.45) is 5.73 Å². The Kier molecular flexibility index (Phi) is 3.88. The van der Waals surface area contributed by atoms with E-state index in [9.17, 15) is 9.59 Å². The van der Waals surface area contributed by atoms with E-state index < -0.39 is 18.1 Å². The van der Waals surface area contributed by atoms with Crippen molar-refractivity contribution in [2.75, 3.05) is 6.61 Å². The van der Waals surface area contributed by atoms with E-state index in [2.05, 4.69) is 5.32 Å². The van der Waals surface area contributed by atoms with E-state index in [1.165, 1.54) is 0 Å². The Morgan fingerprint density at radius 3 is 2.71 bits per heavy atom. The van der Waals surface area contributed by atoms with Gasteiger partial charge in [0, 0.05) is 6.61 Å². The number of nitrogens with one attached hydrogen (secondary N) is 1. The van der Waals surface area contributed by atoms with Crippen molar-refractivity contribution in [1.29, 1.82) is 0 Å². The normalized spacial score (nSPS) is 23.9. The third-order valence-corrected chi connectivity index (χ3v) is 2.26. The Bertz CT molecular complexity index is 224. The summed E-state index contributed by atoms with van der Waals surface area (Å²) in [5.74, 6) is -0.773. The molecule has 0 aliphatic carbocycles. The second-order valence-corrected chi connectivity index (χ2v) is 3.49. The molecule has 0 aromatic heterocycles. The molecular weight excluding hydrogens is 184 g/mol. The molecule has 0 aromatic rings. The third kappa shape index (κ3) is 2.99. The lowest BCUT2D eigenvalue weighted by Crippen LogP contribution is -2.47. The van der Waals surface area contributed by atoms with Crippen LogP contribution < -0.4 is 11.1 Å². The summed E-state index contributed by atoms with van der Waals surface area (Å²) in [6, 6.07) is -0.631. The van der Waals surface area contributed by atoms with Gasteiger partial charge in [-0.1, -0.05) is 0 Å². The van der Waals surface area contributed by atoms with Crippen LogP contribution in [-0.4, -0.2) is 30.6 Å². The zero-order valence-electron chi connectivity index (χ0n) is 8.29. The van der Waals surface area contributed by atoms with Crippen LogP contribution in [0.25, 0.3) is 0 Å². The minimum Gasteiger partial charge on any atom is -0.368 e. The van der Waals surface area contributed by atoms with Crippen LogP contribution in [0.2, 0.25) is 0 Å². The summed E-state index contributed by atoms with van der Waals surface area (Å²) >= 11 is 0. The van der Waals surface area contributed by atoms with Crippen LogP contribution in [0.15, 0.2) is 0 Å². The minimum atomic E-state index is -0.631. The minimum absolute atomic E-state index is 0.240. The largest absolute Gasteiger partial charge is 0.368 e. The molecule has 5 heteroatoms. The first kappa shape index (κ1) is 11.0. The van der Waals surface area contributed by atoms with Gasteiger partial charge in [-0.05, 0) is 26.2 Å². The Balaban J connectivity index is 2.36. The molecular formula is C9H16N2O3. The van der Waals surface area contributed by atoms with Crippen molar-refractivity contribution in [3.63, 3.8) is 0 Å². The van der Waals surface area contributed by atoms with E-state index in [0.717, 1.165) is 19.3 Å². The van der Waals surface area contributed by atoms with E-state index >= 15 is 0 Å². The fraction of sp³-hybridized carbons (Fsp3) is 0.778. The van der Waals surface area contributed by atoms with E-state index in [0.29, 0.717) is 6.61 Å². The van der Waals surface area contributed by atoms with E-state index in [4.69, 9.17) is 10.5 Å². The molecule has 1 fully saturated rings. The highest BCUT2D eigenvalue weighted by Gasteiger charge is 2.24. The predicted octanol–water partition coefficient (Wildman–Crippen LogP) is -0.454. The quantitative estimate of drug-likeness (QED) is 0.647. The fourth-order valence-corrected chi connectivity index (χ4v) is 1.32. The summed E-state index contributed by atoms with van der Waals surface area (Å²) in [5.41, 5.74) is 5.02. The highest BCUT2D eigenvalue weighted by Crippen LogP contribution is 2.12. The maximum atomic E-state index is 11.5. The molecule has 2 amide bonds. The fourth-order valence-electron chi connectivity index (χ4n) is 1.32. The summed E-state index contributed by atoms with van der Waals surface area (Å²) < 4.78 is 5.26. The average molecular weight is 200 g/mol. The van der Waals surface area contributed by atoms with Crippen LogP contribution in [0, 0.1) is 0 Å². The molecule has 0 radical (unpaired) electrons. The first-order chi connectivity index (χ1) is 6.61. The molecule has 1 unspecified atom stereocenters. The van der Waals surface area contributed by atoms with Gasteiger partial charge in [0.15, 0.2) is 0 Å². The van der Waals surface area contributed by atoms with E-state index in [1.807, 2.05) is 0 Å². The lowest BCUT2D eigenvalue weighted by Gasteiger charge is -2.22. The van der Waals surface area contributed by atoms with Gasteiger partial charge in [0.25, 0.3) is 0 Å². The van der Waals surface area contributed by atoms with Gasteiger partial charge in [0.2, 0.25) is 11.8 Å². The molecule has 1 aliphatic heterocycles. The molecule has 1 rings (SSSR count). The molecule has 0 aromatic carbocycles. The van der Waals surface area contributed by atoms with Gasteiger partial charge in [-0.3, -0.25) is 9.59 Å². The number of nitrogens with two attached hydrogens (primary N) is 1. The molecule has 5 nitrogen and oxygen atoms in total. The lowest BCUT2D eigenvalue weighted by atomic mass is 10.1. The number of amides is 2. The highest BCUT2D eigenvalue weighted by atomic mass is 16.5. The molecule has 80 valence electrons. The third-order valence-electron chi connectivity index (χ3n) is 2.26. The molecule has 3 N–H and O–H groups in total. The Morgan fingerprint density at radius 2 is 2.21 bits per heavy atom. The second kappa shape index (κ2) is 4.95. The highest BCUT2D eigenvalue weighted by molar-refractivity contribution is 5.88. The van der Waals surface area contributed by atoms with Gasteiger partial charge in [0.1, 0.15) is 12.1 Å². The molecule has 0 saturated carbocycles. The number of hydrogen-bond donors (Lipinski definition) is 2. The molecule has 0 spiro atoms. The zero-order chi connectivity index (χ0) is 10.6. The predicted molar refractivity (Wildman–Crippen MR) is 50.4 cm³/mol. The number of rotatable bonds is 3. The Morgan fingerprint density at radius 1 is 1.50 bits per heavy atom. The summed E-state index contributed by atoms with van der Waals surface area (Å²) in [7, 11) is 0. The van der Waals surface area contributed by atoms with Crippen LogP contribution in [0.5, 0.6) is 0 Å². The van der Waals surface area contributed by atoms with Crippen molar-refractivity contribution in [1.82, 2.24) is 5.32 Å². The Labute approximate surface area is 83.0 Å². The van der Waals surface area contributed by atoms with Gasteiger partial charge in [-0.25, -0.2) is 0 Å². The summed E-state index contributed by atoms with van der Waals surface area (Å²) in [6.07, 6.45) is 2.29. The molecule has 1 aliphatic rings. The van der Waals surface area contributed by atoms with Crippen molar-refractivity contribution in [3.8, 4) is 0 Å². The topological polar surface area (TPSA) is 81.4 Å². The summed E-state index contributed by atoms with van der Waals surface area (Å²) in [4.78, 5) is 22.2. The standard InChI is InChI=1S/C9H16N2O3/c1-6(8(10)12)11-9(13)7-4-2-3-5-14-7/h6-7H,2-5H2,1H3,(H2,10,12)(H,11,13)/t6-,7?/m1/s1. The first-order valence-electron chi connectivity index (χ1n) is 4.82. The monoisotopic (exact) mass is 200 g/mol. The van der Waals surface area contributed by atoms with Crippen molar-refractivity contribution in [2.45, 2.75) is 38.3 Å². The van der Waals surface area contributed by atoms with Crippen molar-refractivity contribution < 1.29 is 14.3 Å². The summed E-state index contributed by atoms with van der Waals surface area (Å²) in [6.45, 7) is 2.17. The molecule has 14 heavy (non-hydrogen) atoms. The zero-order valence-corrected chi connectivity index (χ0v) is 8.29. The van der Waals surface area contributed by atoms with Crippen LogP contribution >= 0.6 is 0 Å². The SMILES string of the molecule is C[C@@H](NC(=O)C1CCCCO1)C(N)=O. The van der Waals surface area contributed by atoms with Crippen molar-refractivity contribution in [3.05, 3.63) is 0 Å².